The smallest absolute Gasteiger partial charge is 0.0640 e. The standard InChI is InChI=1S/C35H38N2S4/c1-10-21-16-28(40-33(21)18(3)4)24-12-14-26(38-24)31-22(11-2)30(20(6)37-31)32(36-9)27-15-13-25(39-27)29-17-23-19(5)35(7,8)34(23)41-29/h11-19,36-37H,2,6,10H2,1,3-5,7-9H3/b32-30-. The van der Waals surface area contributed by atoms with E-state index in [1.807, 2.05) is 58.5 Å². The van der Waals surface area contributed by atoms with Gasteiger partial charge in [0.05, 0.1) is 21.1 Å². The SMILES string of the molecule is C=Cc1c(-c2ccc(-c3cc(CC)c(C(C)C)s3)s2)[nH]c(=C)/c1=C(/NC)c1ccc(-c2cc3c(s2)C(C)(C)C3C)s1. The zero-order chi connectivity index (χ0) is 29.2. The molecule has 5 aromatic heterocycles. The third kappa shape index (κ3) is 4.55. The fourth-order valence-corrected chi connectivity index (χ4v) is 11.0. The molecule has 2 N–H and O–H groups in total. The number of hydrogen-bond acceptors (Lipinski definition) is 5. The average Bonchev–Trinajstić information content (AvgIpc) is 3.77. The Balaban J connectivity index is 1.40. The van der Waals surface area contributed by atoms with E-state index < -0.39 is 0 Å². The molecule has 5 heterocycles. The van der Waals surface area contributed by atoms with E-state index in [2.05, 4.69) is 101 Å². The summed E-state index contributed by atoms with van der Waals surface area (Å²) in [5, 5.41) is 5.52. The number of rotatable bonds is 8. The van der Waals surface area contributed by atoms with Gasteiger partial charge in [0.25, 0.3) is 0 Å². The number of aryl methyl sites for hydroxylation is 1. The fourth-order valence-electron chi connectivity index (χ4n) is 6.02. The van der Waals surface area contributed by atoms with Gasteiger partial charge in [-0.2, -0.15) is 0 Å². The van der Waals surface area contributed by atoms with Gasteiger partial charge in [-0.15, -0.1) is 45.3 Å². The van der Waals surface area contributed by atoms with Crippen LogP contribution in [0.3, 0.4) is 0 Å². The first kappa shape index (κ1) is 28.5. The number of hydrogen-bond donors (Lipinski definition) is 2. The largest absolute Gasteiger partial charge is 0.386 e. The monoisotopic (exact) mass is 614 g/mol. The molecule has 0 saturated carbocycles. The molecule has 1 unspecified atom stereocenters. The molecule has 0 bridgehead atoms. The van der Waals surface area contributed by atoms with E-state index in [1.54, 1.807) is 4.88 Å². The zero-order valence-corrected chi connectivity index (χ0v) is 28.2. The first-order valence-corrected chi connectivity index (χ1v) is 17.6. The lowest BCUT2D eigenvalue weighted by Gasteiger charge is -2.42. The van der Waals surface area contributed by atoms with Gasteiger partial charge >= 0.3 is 0 Å². The van der Waals surface area contributed by atoms with Gasteiger partial charge in [0.2, 0.25) is 0 Å². The van der Waals surface area contributed by atoms with Crippen LogP contribution in [0, 0.1) is 0 Å². The normalized spacial score (nSPS) is 16.5. The van der Waals surface area contributed by atoms with Crippen LogP contribution in [0.5, 0.6) is 0 Å². The average molecular weight is 615 g/mol. The van der Waals surface area contributed by atoms with Crippen molar-refractivity contribution >= 4 is 63.7 Å². The second kappa shape index (κ2) is 10.6. The highest BCUT2D eigenvalue weighted by molar-refractivity contribution is 7.24. The van der Waals surface area contributed by atoms with Gasteiger partial charge in [0, 0.05) is 57.9 Å². The molecule has 0 aliphatic heterocycles. The van der Waals surface area contributed by atoms with E-state index in [0.717, 1.165) is 33.9 Å². The topological polar surface area (TPSA) is 27.8 Å². The summed E-state index contributed by atoms with van der Waals surface area (Å²) < 4.78 is 0. The maximum Gasteiger partial charge on any atom is 0.0640 e. The van der Waals surface area contributed by atoms with Crippen LogP contribution >= 0.6 is 45.3 Å². The lowest BCUT2D eigenvalue weighted by Crippen LogP contribution is -2.34. The lowest BCUT2D eigenvalue weighted by atomic mass is 9.64. The summed E-state index contributed by atoms with van der Waals surface area (Å²) in [7, 11) is 2.01. The quantitative estimate of drug-likeness (QED) is 0.179. The van der Waals surface area contributed by atoms with Crippen molar-refractivity contribution in [2.24, 2.45) is 0 Å². The second-order valence-corrected chi connectivity index (χ2v) is 16.1. The van der Waals surface area contributed by atoms with E-state index in [9.17, 15) is 0 Å². The van der Waals surface area contributed by atoms with Crippen LogP contribution < -0.4 is 15.9 Å². The molecule has 1 atom stereocenters. The van der Waals surface area contributed by atoms with Gasteiger partial charge in [0.1, 0.15) is 0 Å². The molecule has 6 heteroatoms. The Hall–Kier alpha value is -2.64. The molecular formula is C35H38N2S4. The number of aromatic amines is 1. The minimum Gasteiger partial charge on any atom is -0.386 e. The summed E-state index contributed by atoms with van der Waals surface area (Å²) in [5.41, 5.74) is 6.56. The van der Waals surface area contributed by atoms with E-state index >= 15 is 0 Å². The minimum atomic E-state index is 0.282. The number of thiophene rings is 4. The van der Waals surface area contributed by atoms with Gasteiger partial charge in [-0.3, -0.25) is 0 Å². The van der Waals surface area contributed by atoms with E-state index in [4.69, 9.17) is 0 Å². The van der Waals surface area contributed by atoms with Gasteiger partial charge < -0.3 is 10.3 Å². The van der Waals surface area contributed by atoms with Gasteiger partial charge in [-0.1, -0.05) is 60.8 Å². The van der Waals surface area contributed by atoms with Crippen LogP contribution in [0.1, 0.15) is 84.7 Å². The summed E-state index contributed by atoms with van der Waals surface area (Å²) in [6.07, 6.45) is 3.05. The molecule has 0 amide bonds. The maximum atomic E-state index is 4.44. The van der Waals surface area contributed by atoms with Crippen molar-refractivity contribution in [2.75, 3.05) is 7.05 Å². The lowest BCUT2D eigenvalue weighted by molar-refractivity contribution is 0.383. The van der Waals surface area contributed by atoms with Gasteiger partial charge in [-0.25, -0.2) is 0 Å². The van der Waals surface area contributed by atoms with E-state index in [0.29, 0.717) is 11.8 Å². The summed E-state index contributed by atoms with van der Waals surface area (Å²) in [4.78, 5) is 14.5. The second-order valence-electron chi connectivity index (χ2n) is 11.8. The summed E-state index contributed by atoms with van der Waals surface area (Å²) in [6, 6.07) is 13.8. The first-order valence-electron chi connectivity index (χ1n) is 14.3. The molecule has 0 fully saturated rings. The molecule has 0 radical (unpaired) electrons. The van der Waals surface area contributed by atoms with Crippen molar-refractivity contribution in [1.82, 2.24) is 10.3 Å². The molecule has 0 saturated heterocycles. The predicted molar refractivity (Wildman–Crippen MR) is 186 cm³/mol. The molecule has 0 aromatic carbocycles. The Kier molecular flexibility index (Phi) is 7.34. The van der Waals surface area contributed by atoms with Gasteiger partial charge in [-0.05, 0) is 65.8 Å². The molecule has 0 spiro atoms. The van der Waals surface area contributed by atoms with Gasteiger partial charge in [0.15, 0.2) is 0 Å². The Labute approximate surface area is 259 Å². The zero-order valence-electron chi connectivity index (χ0n) is 25.0. The third-order valence-corrected chi connectivity index (χ3v) is 14.2. The Morgan fingerprint density at radius 3 is 2.32 bits per heavy atom. The molecule has 6 rings (SSSR count). The van der Waals surface area contributed by atoms with Crippen LogP contribution in [0.2, 0.25) is 0 Å². The molecule has 41 heavy (non-hydrogen) atoms. The maximum absolute atomic E-state index is 4.44. The summed E-state index contributed by atoms with van der Waals surface area (Å²) in [6.45, 7) is 22.6. The van der Waals surface area contributed by atoms with Crippen molar-refractivity contribution in [2.45, 2.75) is 65.2 Å². The van der Waals surface area contributed by atoms with E-state index in [-0.39, 0.29) is 5.41 Å². The van der Waals surface area contributed by atoms with Crippen molar-refractivity contribution in [1.29, 1.82) is 0 Å². The highest BCUT2D eigenvalue weighted by Crippen LogP contribution is 2.57. The van der Waals surface area contributed by atoms with Crippen molar-refractivity contribution in [3.8, 4) is 30.1 Å². The first-order chi connectivity index (χ1) is 19.6. The molecule has 1 aliphatic rings. The molecule has 2 nitrogen and oxygen atoms in total. The fraction of sp³-hybridized carbons (Fsp3) is 0.314. The Bertz CT molecular complexity index is 1880. The summed E-state index contributed by atoms with van der Waals surface area (Å²) in [5.74, 6) is 1.17. The van der Waals surface area contributed by atoms with Crippen molar-refractivity contribution in [3.63, 3.8) is 0 Å². The van der Waals surface area contributed by atoms with Crippen LogP contribution in [-0.4, -0.2) is 12.0 Å². The summed E-state index contributed by atoms with van der Waals surface area (Å²) >= 11 is 7.58. The predicted octanol–water partition coefficient (Wildman–Crippen LogP) is 9.77. The Morgan fingerprint density at radius 2 is 1.68 bits per heavy atom. The van der Waals surface area contributed by atoms with Crippen LogP contribution in [-0.2, 0) is 11.8 Å². The minimum absolute atomic E-state index is 0.282. The van der Waals surface area contributed by atoms with Crippen LogP contribution in [0.25, 0.3) is 48.4 Å². The molecule has 1 aliphatic carbocycles. The van der Waals surface area contributed by atoms with Crippen LogP contribution in [0.15, 0.2) is 43.0 Å². The molecule has 5 aromatic rings. The van der Waals surface area contributed by atoms with E-state index in [1.165, 1.54) is 45.3 Å². The van der Waals surface area contributed by atoms with Crippen LogP contribution in [0.4, 0.5) is 0 Å². The highest BCUT2D eigenvalue weighted by atomic mass is 32.1. The number of H-pyrrole nitrogens is 1. The molecular weight excluding hydrogens is 577 g/mol. The molecule has 212 valence electrons. The highest BCUT2D eigenvalue weighted by Gasteiger charge is 2.43. The number of fused-ring (bicyclic) bond motifs is 1. The number of aromatic nitrogens is 1. The Morgan fingerprint density at radius 1 is 1.00 bits per heavy atom. The third-order valence-electron chi connectivity index (χ3n) is 8.65. The van der Waals surface area contributed by atoms with Crippen molar-refractivity contribution in [3.05, 3.63) is 84.9 Å². The number of nitrogens with one attached hydrogen (secondary N) is 2. The van der Waals surface area contributed by atoms with Crippen molar-refractivity contribution < 1.29 is 0 Å².